The minimum atomic E-state index is -1.31. The highest BCUT2D eigenvalue weighted by molar-refractivity contribution is 6.38. The van der Waals surface area contributed by atoms with Crippen LogP contribution in [0.1, 0.15) is 108 Å². The molecule has 1 heterocycles. The van der Waals surface area contributed by atoms with Crippen molar-refractivity contribution in [3.8, 4) is 0 Å². The van der Waals surface area contributed by atoms with Crippen LogP contribution in [0, 0.1) is 5.92 Å². The number of nitrogens with zero attached hydrogens (tertiary/aromatic N) is 1. The molecular formula is C51H58N6O9. The van der Waals surface area contributed by atoms with Gasteiger partial charge in [-0.1, -0.05) is 148 Å². The van der Waals surface area contributed by atoms with Crippen molar-refractivity contribution in [1.29, 1.82) is 0 Å². The van der Waals surface area contributed by atoms with Crippen LogP contribution in [0.15, 0.2) is 115 Å². The van der Waals surface area contributed by atoms with Gasteiger partial charge in [0.05, 0.1) is 30.9 Å². The molecule has 4 aromatic rings. The minimum absolute atomic E-state index is 0.00434. The van der Waals surface area contributed by atoms with Crippen molar-refractivity contribution in [1.82, 2.24) is 26.2 Å². The van der Waals surface area contributed by atoms with E-state index in [0.717, 1.165) is 24.8 Å². The Kier molecular flexibility index (Phi) is 17.5. The molecule has 0 aromatic heterocycles. The van der Waals surface area contributed by atoms with Crippen LogP contribution in [0.4, 0.5) is 0 Å². The standard InChI is InChI=1S/C51H58N6O9/c1-2-3-28-40(46(60)50(64)53-30-42(58)55-43(47(52)61)34-20-10-5-11-21-34)54-49(63)41-29-37(66-32-33-18-8-4-9-19-33)31-57(41)51(65)44(35-22-12-6-13-23-35)56-48(62)39-27-17-16-26-38(39)45(59)36-24-14-7-15-25-36/h4-5,7-11,14-21,24-27,35,37,40-41,43-44H,2-3,6,12-13,22-23,28-32H2,1H3,(H2,52,61)(H,53,64)(H,54,63)(H,55,58)(H,56,62)/t37-,40?,41+,43?,44?/m1/s1. The molecule has 2 aliphatic rings. The molecular weight excluding hydrogens is 841 g/mol. The van der Waals surface area contributed by atoms with Gasteiger partial charge in [0, 0.05) is 24.1 Å². The van der Waals surface area contributed by atoms with E-state index in [0.29, 0.717) is 36.8 Å². The molecule has 66 heavy (non-hydrogen) atoms. The predicted molar refractivity (Wildman–Crippen MR) is 245 cm³/mol. The second kappa shape index (κ2) is 23.8. The molecule has 3 unspecified atom stereocenters. The molecule has 346 valence electrons. The maximum atomic E-state index is 15.1. The lowest BCUT2D eigenvalue weighted by Crippen LogP contribution is -2.58. The van der Waals surface area contributed by atoms with Crippen LogP contribution in [0.2, 0.25) is 0 Å². The quantitative estimate of drug-likeness (QED) is 0.0587. The monoisotopic (exact) mass is 898 g/mol. The van der Waals surface area contributed by atoms with E-state index in [9.17, 15) is 33.6 Å². The molecule has 0 radical (unpaired) electrons. The first kappa shape index (κ1) is 48.5. The molecule has 6 rings (SSSR count). The highest BCUT2D eigenvalue weighted by Gasteiger charge is 2.45. The fraction of sp³-hybridized carbons (Fsp3) is 0.373. The van der Waals surface area contributed by atoms with E-state index in [-0.39, 0.29) is 48.8 Å². The minimum Gasteiger partial charge on any atom is -0.372 e. The topological polar surface area (TPSA) is 223 Å². The number of Topliss-reactive ketones (excluding diaryl/α,β-unsaturated/α-hetero) is 1. The van der Waals surface area contributed by atoms with Crippen LogP contribution in [0.3, 0.4) is 0 Å². The van der Waals surface area contributed by atoms with Crippen molar-refractivity contribution in [2.45, 2.75) is 102 Å². The van der Waals surface area contributed by atoms with Gasteiger partial charge in [-0.2, -0.15) is 0 Å². The smallest absolute Gasteiger partial charge is 0.290 e. The Morgan fingerprint density at radius 3 is 2.02 bits per heavy atom. The van der Waals surface area contributed by atoms with Crippen molar-refractivity contribution < 1.29 is 43.1 Å². The van der Waals surface area contributed by atoms with Gasteiger partial charge < -0.3 is 36.6 Å². The van der Waals surface area contributed by atoms with E-state index in [4.69, 9.17) is 10.5 Å². The number of carbonyl (C=O) groups is 8. The SMILES string of the molecule is CCCCC(NC(=O)[C@@H]1C[C@@H](OCc2ccccc2)CN1C(=O)C(NC(=O)c1ccccc1C(=O)c1ccccc1)C1CCCCC1)C(=O)C(=O)NCC(=O)NC(C(N)=O)c1ccccc1. The highest BCUT2D eigenvalue weighted by atomic mass is 16.5. The van der Waals surface area contributed by atoms with Crippen molar-refractivity contribution in [2.24, 2.45) is 11.7 Å². The number of amides is 6. The summed E-state index contributed by atoms with van der Waals surface area (Å²) in [5.74, 6) is -6.13. The predicted octanol–water partition coefficient (Wildman–Crippen LogP) is 4.49. The Labute approximate surface area is 384 Å². The number of primary amides is 1. The zero-order valence-electron chi connectivity index (χ0n) is 37.1. The van der Waals surface area contributed by atoms with Gasteiger partial charge in [-0.05, 0) is 42.4 Å². The Balaban J connectivity index is 1.21. The van der Waals surface area contributed by atoms with Gasteiger partial charge in [0.15, 0.2) is 5.78 Å². The number of ether oxygens (including phenoxy) is 1. The second-order valence-electron chi connectivity index (χ2n) is 16.8. The van der Waals surface area contributed by atoms with E-state index in [1.165, 1.54) is 4.90 Å². The van der Waals surface area contributed by atoms with Gasteiger partial charge in [-0.25, -0.2) is 0 Å². The summed E-state index contributed by atoms with van der Waals surface area (Å²) in [6.07, 6.45) is 4.58. The van der Waals surface area contributed by atoms with Gasteiger partial charge in [-0.3, -0.25) is 38.4 Å². The zero-order chi connectivity index (χ0) is 47.0. The maximum absolute atomic E-state index is 15.1. The number of carbonyl (C=O) groups excluding carboxylic acids is 8. The lowest BCUT2D eigenvalue weighted by Gasteiger charge is -2.35. The molecule has 6 N–H and O–H groups in total. The summed E-state index contributed by atoms with van der Waals surface area (Å²) in [5.41, 5.74) is 7.53. The van der Waals surface area contributed by atoms with E-state index >= 15 is 4.79 Å². The molecule has 5 atom stereocenters. The first-order chi connectivity index (χ1) is 31.9. The van der Waals surface area contributed by atoms with Crippen LogP contribution < -0.4 is 27.0 Å². The number of benzene rings is 4. The Morgan fingerprint density at radius 1 is 0.742 bits per heavy atom. The number of nitrogens with two attached hydrogens (primary N) is 1. The van der Waals surface area contributed by atoms with Crippen molar-refractivity contribution in [2.75, 3.05) is 13.1 Å². The van der Waals surface area contributed by atoms with Crippen LogP contribution in [0.5, 0.6) is 0 Å². The summed E-state index contributed by atoms with van der Waals surface area (Å²) >= 11 is 0. The average molecular weight is 899 g/mol. The van der Waals surface area contributed by atoms with Crippen LogP contribution in [0.25, 0.3) is 0 Å². The molecule has 0 spiro atoms. The first-order valence-electron chi connectivity index (χ1n) is 22.7. The zero-order valence-corrected chi connectivity index (χ0v) is 37.1. The summed E-state index contributed by atoms with van der Waals surface area (Å²) < 4.78 is 6.29. The Morgan fingerprint density at radius 2 is 1.36 bits per heavy atom. The van der Waals surface area contributed by atoms with Crippen LogP contribution in [-0.4, -0.2) is 89.2 Å². The van der Waals surface area contributed by atoms with E-state index in [1.54, 1.807) is 84.9 Å². The Hall–Kier alpha value is -7.00. The fourth-order valence-electron chi connectivity index (χ4n) is 8.60. The molecule has 1 aliphatic heterocycles. The molecule has 1 aliphatic carbocycles. The van der Waals surface area contributed by atoms with Gasteiger partial charge in [0.25, 0.3) is 11.8 Å². The van der Waals surface area contributed by atoms with E-state index in [1.807, 2.05) is 37.3 Å². The Bertz CT molecular complexity index is 2340. The largest absolute Gasteiger partial charge is 0.372 e. The summed E-state index contributed by atoms with van der Waals surface area (Å²) in [4.78, 5) is 111. The number of unbranched alkanes of at least 4 members (excludes halogenated alkanes) is 1. The van der Waals surface area contributed by atoms with E-state index in [2.05, 4.69) is 21.3 Å². The normalized spacial score (nSPS) is 17.4. The number of ketones is 2. The van der Waals surface area contributed by atoms with Gasteiger partial charge in [-0.15, -0.1) is 0 Å². The third kappa shape index (κ3) is 12.8. The molecule has 15 nitrogen and oxygen atoms in total. The molecule has 15 heteroatoms. The summed E-state index contributed by atoms with van der Waals surface area (Å²) in [7, 11) is 0. The lowest BCUT2D eigenvalue weighted by atomic mass is 9.83. The van der Waals surface area contributed by atoms with Gasteiger partial charge >= 0.3 is 0 Å². The van der Waals surface area contributed by atoms with Crippen molar-refractivity contribution in [3.63, 3.8) is 0 Å². The molecule has 0 bridgehead atoms. The number of hydrogen-bond donors (Lipinski definition) is 5. The maximum Gasteiger partial charge on any atom is 0.290 e. The number of likely N-dealkylation sites (tertiary alicyclic amines) is 1. The molecule has 1 saturated heterocycles. The van der Waals surface area contributed by atoms with E-state index < -0.39 is 78.0 Å². The fourth-order valence-corrected chi connectivity index (χ4v) is 8.60. The molecule has 4 aromatic carbocycles. The summed E-state index contributed by atoms with van der Waals surface area (Å²) in [6.45, 7) is 1.44. The van der Waals surface area contributed by atoms with Crippen molar-refractivity contribution >= 4 is 47.0 Å². The third-order valence-corrected chi connectivity index (χ3v) is 12.1. The first-order valence-corrected chi connectivity index (χ1v) is 22.7. The number of nitrogens with one attached hydrogen (secondary N) is 4. The molecule has 1 saturated carbocycles. The summed E-state index contributed by atoms with van der Waals surface area (Å²) in [5, 5.41) is 10.5. The highest BCUT2D eigenvalue weighted by Crippen LogP contribution is 2.31. The molecule has 2 fully saturated rings. The molecule has 6 amide bonds. The number of rotatable bonds is 21. The van der Waals surface area contributed by atoms with Gasteiger partial charge in [0.2, 0.25) is 29.4 Å². The van der Waals surface area contributed by atoms with Crippen LogP contribution >= 0.6 is 0 Å². The third-order valence-electron chi connectivity index (χ3n) is 12.1. The van der Waals surface area contributed by atoms with Crippen molar-refractivity contribution in [3.05, 3.63) is 143 Å². The number of hydrogen-bond acceptors (Lipinski definition) is 9. The second-order valence-corrected chi connectivity index (χ2v) is 16.8. The van der Waals surface area contributed by atoms with Crippen LogP contribution in [-0.2, 0) is 40.1 Å². The van der Waals surface area contributed by atoms with Gasteiger partial charge in [0.1, 0.15) is 18.1 Å². The summed E-state index contributed by atoms with van der Waals surface area (Å²) in [6, 6.07) is 28.1. The lowest BCUT2D eigenvalue weighted by molar-refractivity contribution is -0.143. The average Bonchev–Trinajstić information content (AvgIpc) is 3.79.